The van der Waals surface area contributed by atoms with Gasteiger partial charge in [0.2, 0.25) is 0 Å². The lowest BCUT2D eigenvalue weighted by molar-refractivity contribution is 0.178. The number of hydrogen-bond acceptors (Lipinski definition) is 4. The van der Waals surface area contributed by atoms with Gasteiger partial charge in [0, 0.05) is 32.7 Å². The van der Waals surface area contributed by atoms with Crippen LogP contribution in [0.15, 0.2) is 6.33 Å². The van der Waals surface area contributed by atoms with Crippen LogP contribution in [0.4, 0.5) is 0 Å². The molecule has 1 aromatic heterocycles. The first-order valence-electron chi connectivity index (χ1n) is 5.91. The number of aromatic nitrogens is 3. The fraction of sp³-hybridized carbons (Fsp3) is 0.818. The highest BCUT2D eigenvalue weighted by molar-refractivity contribution is 4.86. The first-order chi connectivity index (χ1) is 7.77. The van der Waals surface area contributed by atoms with Gasteiger partial charge in [-0.2, -0.15) is 0 Å². The summed E-state index contributed by atoms with van der Waals surface area (Å²) in [6.45, 7) is 5.00. The summed E-state index contributed by atoms with van der Waals surface area (Å²) in [4.78, 5) is 0. The van der Waals surface area contributed by atoms with Crippen LogP contribution in [-0.4, -0.2) is 40.6 Å². The summed E-state index contributed by atoms with van der Waals surface area (Å²) < 4.78 is 7.35. The van der Waals surface area contributed by atoms with E-state index in [2.05, 4.69) is 22.4 Å². The molecule has 5 nitrogen and oxygen atoms in total. The highest BCUT2D eigenvalue weighted by atomic mass is 16.5. The molecule has 0 spiro atoms. The summed E-state index contributed by atoms with van der Waals surface area (Å²) in [5, 5.41) is 11.4. The second-order valence-corrected chi connectivity index (χ2v) is 4.47. The summed E-state index contributed by atoms with van der Waals surface area (Å²) in [5.41, 5.74) is 0. The summed E-state index contributed by atoms with van der Waals surface area (Å²) >= 11 is 0. The van der Waals surface area contributed by atoms with Gasteiger partial charge in [-0.15, -0.1) is 10.2 Å². The lowest BCUT2D eigenvalue weighted by Crippen LogP contribution is -2.35. The molecule has 1 aromatic rings. The zero-order chi connectivity index (χ0) is 11.4. The van der Waals surface area contributed by atoms with Crippen LogP contribution < -0.4 is 5.32 Å². The van der Waals surface area contributed by atoms with Crippen molar-refractivity contribution in [3.8, 4) is 0 Å². The highest BCUT2D eigenvalue weighted by Crippen LogP contribution is 2.16. The lowest BCUT2D eigenvalue weighted by Gasteiger charge is -2.18. The fourth-order valence-electron chi connectivity index (χ4n) is 2.06. The Balaban J connectivity index is 1.69. The minimum Gasteiger partial charge on any atom is -0.381 e. The Morgan fingerprint density at radius 2 is 2.56 bits per heavy atom. The Hall–Kier alpha value is -0.940. The first kappa shape index (κ1) is 11.5. The maximum absolute atomic E-state index is 5.38. The minimum atomic E-state index is 0.524. The molecule has 2 unspecified atom stereocenters. The molecule has 1 saturated heterocycles. The summed E-state index contributed by atoms with van der Waals surface area (Å²) in [7, 11) is 1.98. The molecule has 0 aromatic carbocycles. The Bertz CT molecular complexity index is 320. The smallest absolute Gasteiger partial charge is 0.133 e. The van der Waals surface area contributed by atoms with E-state index < -0.39 is 0 Å². The van der Waals surface area contributed by atoms with Crippen molar-refractivity contribution >= 4 is 0 Å². The Morgan fingerprint density at radius 1 is 1.69 bits per heavy atom. The Morgan fingerprint density at radius 3 is 3.19 bits per heavy atom. The largest absolute Gasteiger partial charge is 0.381 e. The molecule has 0 saturated carbocycles. The Kier molecular flexibility index (Phi) is 3.90. The van der Waals surface area contributed by atoms with Crippen LogP contribution in [0.5, 0.6) is 0 Å². The molecule has 16 heavy (non-hydrogen) atoms. The van der Waals surface area contributed by atoms with Crippen molar-refractivity contribution in [3.63, 3.8) is 0 Å². The molecular formula is C11H20N4O. The van der Waals surface area contributed by atoms with E-state index in [-0.39, 0.29) is 0 Å². The zero-order valence-electron chi connectivity index (χ0n) is 10.0. The third-order valence-corrected chi connectivity index (χ3v) is 3.29. The average molecular weight is 224 g/mol. The van der Waals surface area contributed by atoms with Crippen LogP contribution in [-0.2, 0) is 18.2 Å². The summed E-state index contributed by atoms with van der Waals surface area (Å²) in [5.74, 6) is 1.70. The van der Waals surface area contributed by atoms with Gasteiger partial charge in [0.05, 0.1) is 6.61 Å². The van der Waals surface area contributed by atoms with Gasteiger partial charge in [-0.25, -0.2) is 0 Å². The maximum Gasteiger partial charge on any atom is 0.133 e. The van der Waals surface area contributed by atoms with Crippen LogP contribution in [0.3, 0.4) is 0 Å². The lowest BCUT2D eigenvalue weighted by atomic mass is 10.0. The van der Waals surface area contributed by atoms with Crippen LogP contribution in [0.25, 0.3) is 0 Å². The van der Waals surface area contributed by atoms with Crippen LogP contribution in [0, 0.1) is 5.92 Å². The molecule has 5 heteroatoms. The highest BCUT2D eigenvalue weighted by Gasteiger charge is 2.21. The number of rotatable bonds is 5. The van der Waals surface area contributed by atoms with Crippen molar-refractivity contribution in [2.45, 2.75) is 25.8 Å². The molecule has 0 bridgehead atoms. The third-order valence-electron chi connectivity index (χ3n) is 3.29. The molecule has 0 radical (unpaired) electrons. The van der Waals surface area contributed by atoms with E-state index in [1.54, 1.807) is 6.33 Å². The van der Waals surface area contributed by atoms with Crippen LogP contribution >= 0.6 is 0 Å². The average Bonchev–Trinajstić information content (AvgIpc) is 2.90. The molecule has 0 aliphatic carbocycles. The molecule has 2 heterocycles. The molecule has 1 aliphatic rings. The topological polar surface area (TPSA) is 52.0 Å². The van der Waals surface area contributed by atoms with Crippen molar-refractivity contribution in [1.29, 1.82) is 0 Å². The van der Waals surface area contributed by atoms with Gasteiger partial charge in [-0.05, 0) is 19.3 Å². The van der Waals surface area contributed by atoms with Gasteiger partial charge >= 0.3 is 0 Å². The quantitative estimate of drug-likeness (QED) is 0.785. The van der Waals surface area contributed by atoms with Gasteiger partial charge in [-0.3, -0.25) is 0 Å². The van der Waals surface area contributed by atoms with Crippen LogP contribution in [0.2, 0.25) is 0 Å². The molecule has 0 amide bonds. The fourth-order valence-corrected chi connectivity index (χ4v) is 2.06. The maximum atomic E-state index is 5.38. The standard InChI is InChI=1S/C11H20N4O/c1-9(10-4-6-16-7-10)12-5-3-11-14-13-8-15(11)2/h8-10,12H,3-7H2,1-2H3. The normalized spacial score (nSPS) is 22.5. The minimum absolute atomic E-state index is 0.524. The molecular weight excluding hydrogens is 204 g/mol. The predicted octanol–water partition coefficient (Wildman–Crippen LogP) is 0.372. The van der Waals surface area contributed by atoms with Crippen molar-refractivity contribution in [2.75, 3.05) is 19.8 Å². The van der Waals surface area contributed by atoms with Crippen LogP contribution in [0.1, 0.15) is 19.2 Å². The number of nitrogens with one attached hydrogen (secondary N) is 1. The third kappa shape index (κ3) is 2.80. The van der Waals surface area contributed by atoms with E-state index in [9.17, 15) is 0 Å². The number of nitrogens with zero attached hydrogens (tertiary/aromatic N) is 3. The monoisotopic (exact) mass is 224 g/mol. The van der Waals surface area contributed by atoms with Crippen molar-refractivity contribution in [2.24, 2.45) is 13.0 Å². The van der Waals surface area contributed by atoms with Gasteiger partial charge in [-0.1, -0.05) is 0 Å². The second-order valence-electron chi connectivity index (χ2n) is 4.47. The molecule has 1 fully saturated rings. The first-order valence-corrected chi connectivity index (χ1v) is 5.91. The predicted molar refractivity (Wildman–Crippen MR) is 61.1 cm³/mol. The van der Waals surface area contributed by atoms with Crippen molar-refractivity contribution in [3.05, 3.63) is 12.2 Å². The number of aryl methyl sites for hydroxylation is 1. The van der Waals surface area contributed by atoms with Gasteiger partial charge in [0.25, 0.3) is 0 Å². The van der Waals surface area contributed by atoms with E-state index in [1.807, 2.05) is 11.6 Å². The summed E-state index contributed by atoms with van der Waals surface area (Å²) in [6.07, 6.45) is 3.84. The number of ether oxygens (including phenoxy) is 1. The molecule has 90 valence electrons. The SMILES string of the molecule is CC(NCCc1nncn1C)C1CCOC1. The van der Waals surface area contributed by atoms with E-state index in [0.717, 1.165) is 32.0 Å². The zero-order valence-corrected chi connectivity index (χ0v) is 10.0. The second kappa shape index (κ2) is 5.41. The van der Waals surface area contributed by atoms with Crippen molar-refractivity contribution < 1.29 is 4.74 Å². The van der Waals surface area contributed by atoms with E-state index in [4.69, 9.17) is 4.74 Å². The van der Waals surface area contributed by atoms with Gasteiger partial charge in [0.15, 0.2) is 0 Å². The Labute approximate surface area is 96.2 Å². The molecule has 1 N–H and O–H groups in total. The molecule has 2 atom stereocenters. The van der Waals surface area contributed by atoms with E-state index in [0.29, 0.717) is 12.0 Å². The van der Waals surface area contributed by atoms with Gasteiger partial charge < -0.3 is 14.6 Å². The van der Waals surface area contributed by atoms with E-state index >= 15 is 0 Å². The van der Waals surface area contributed by atoms with Gasteiger partial charge in [0.1, 0.15) is 12.2 Å². The molecule has 1 aliphatic heterocycles. The molecule has 2 rings (SSSR count). The van der Waals surface area contributed by atoms with Crippen molar-refractivity contribution in [1.82, 2.24) is 20.1 Å². The number of hydrogen-bond donors (Lipinski definition) is 1. The summed E-state index contributed by atoms with van der Waals surface area (Å²) in [6, 6.07) is 0.524. The van der Waals surface area contributed by atoms with E-state index in [1.165, 1.54) is 6.42 Å².